The molecule has 0 saturated carbocycles. The molecule has 0 aliphatic carbocycles. The Bertz CT molecular complexity index is 500. The number of nitrogens with zero attached hydrogens (tertiary/aromatic N) is 1. The first-order chi connectivity index (χ1) is 8.16. The number of hydrogen-bond donors (Lipinski definition) is 1. The van der Waals surface area contributed by atoms with E-state index in [4.69, 9.17) is 16.3 Å². The number of benzene rings is 1. The molecule has 4 heteroatoms. The average molecular weight is 250 g/mol. The van der Waals surface area contributed by atoms with Gasteiger partial charge in [0.2, 0.25) is 0 Å². The molecular weight excluding hydrogens is 238 g/mol. The zero-order valence-electron chi connectivity index (χ0n) is 9.30. The number of aliphatic hydroxyl groups is 1. The fourth-order valence-electron chi connectivity index (χ4n) is 1.46. The van der Waals surface area contributed by atoms with Gasteiger partial charge in [-0.1, -0.05) is 29.8 Å². The SMILES string of the molecule is CC(O)c1cc(Cl)ncc1Oc1ccccc1. The molecule has 0 aliphatic heterocycles. The van der Waals surface area contributed by atoms with E-state index < -0.39 is 6.10 Å². The van der Waals surface area contributed by atoms with Gasteiger partial charge in [-0.05, 0) is 25.1 Å². The van der Waals surface area contributed by atoms with Crippen LogP contribution < -0.4 is 4.74 Å². The van der Waals surface area contributed by atoms with Gasteiger partial charge in [0.05, 0.1) is 12.3 Å². The molecule has 0 radical (unpaired) electrons. The van der Waals surface area contributed by atoms with Crippen LogP contribution in [0.3, 0.4) is 0 Å². The molecular formula is C13H12ClNO2. The van der Waals surface area contributed by atoms with E-state index in [0.717, 1.165) is 0 Å². The minimum absolute atomic E-state index is 0.335. The highest BCUT2D eigenvalue weighted by atomic mass is 35.5. The van der Waals surface area contributed by atoms with E-state index >= 15 is 0 Å². The molecule has 1 heterocycles. The summed E-state index contributed by atoms with van der Waals surface area (Å²) in [5.41, 5.74) is 0.619. The summed E-state index contributed by atoms with van der Waals surface area (Å²) in [6, 6.07) is 10.9. The molecule has 1 aromatic heterocycles. The normalized spacial score (nSPS) is 12.2. The third-order valence-electron chi connectivity index (χ3n) is 2.29. The van der Waals surface area contributed by atoms with Crippen LogP contribution in [0.25, 0.3) is 0 Å². The molecule has 1 unspecified atom stereocenters. The van der Waals surface area contributed by atoms with Crippen LogP contribution in [-0.4, -0.2) is 10.1 Å². The molecule has 1 aromatic carbocycles. The second-order valence-electron chi connectivity index (χ2n) is 3.64. The molecule has 1 atom stereocenters. The predicted molar refractivity (Wildman–Crippen MR) is 66.4 cm³/mol. The average Bonchev–Trinajstić information content (AvgIpc) is 2.32. The molecule has 2 aromatic rings. The van der Waals surface area contributed by atoms with E-state index in [0.29, 0.717) is 22.2 Å². The standard InChI is InChI=1S/C13H12ClNO2/c1-9(16)11-7-13(14)15-8-12(11)17-10-5-3-2-4-6-10/h2-9,16H,1H3. The van der Waals surface area contributed by atoms with Gasteiger partial charge in [-0.3, -0.25) is 0 Å². The van der Waals surface area contributed by atoms with Crippen LogP contribution in [0.4, 0.5) is 0 Å². The van der Waals surface area contributed by atoms with Gasteiger partial charge in [-0.15, -0.1) is 0 Å². The number of aromatic nitrogens is 1. The molecule has 2 rings (SSSR count). The van der Waals surface area contributed by atoms with Gasteiger partial charge in [0.15, 0.2) is 5.75 Å². The van der Waals surface area contributed by atoms with Crippen molar-refractivity contribution in [3.05, 3.63) is 53.3 Å². The maximum Gasteiger partial charge on any atom is 0.151 e. The lowest BCUT2D eigenvalue weighted by Crippen LogP contribution is -1.97. The number of rotatable bonds is 3. The van der Waals surface area contributed by atoms with E-state index in [1.165, 1.54) is 6.20 Å². The summed E-state index contributed by atoms with van der Waals surface area (Å²) in [6.45, 7) is 1.66. The quantitative estimate of drug-likeness (QED) is 0.846. The van der Waals surface area contributed by atoms with Crippen molar-refractivity contribution >= 4 is 11.6 Å². The van der Waals surface area contributed by atoms with Crippen LogP contribution in [0.2, 0.25) is 5.15 Å². The van der Waals surface area contributed by atoms with Crippen LogP contribution in [0.5, 0.6) is 11.5 Å². The summed E-state index contributed by atoms with van der Waals surface area (Å²) in [6.07, 6.45) is 0.853. The van der Waals surface area contributed by atoms with Crippen molar-refractivity contribution in [3.8, 4) is 11.5 Å². The van der Waals surface area contributed by atoms with E-state index in [9.17, 15) is 5.11 Å². The van der Waals surface area contributed by atoms with Crippen LogP contribution in [0, 0.1) is 0 Å². The summed E-state index contributed by atoms with van der Waals surface area (Å²) >= 11 is 5.79. The van der Waals surface area contributed by atoms with Crippen molar-refractivity contribution in [2.75, 3.05) is 0 Å². The van der Waals surface area contributed by atoms with Crippen LogP contribution in [0.1, 0.15) is 18.6 Å². The second kappa shape index (κ2) is 5.17. The van der Waals surface area contributed by atoms with Gasteiger partial charge in [0.1, 0.15) is 10.9 Å². The minimum Gasteiger partial charge on any atom is -0.455 e. The van der Waals surface area contributed by atoms with E-state index in [-0.39, 0.29) is 0 Å². The van der Waals surface area contributed by atoms with Crippen molar-refractivity contribution in [2.24, 2.45) is 0 Å². The van der Waals surface area contributed by atoms with Crippen molar-refractivity contribution < 1.29 is 9.84 Å². The number of halogens is 1. The van der Waals surface area contributed by atoms with Crippen LogP contribution >= 0.6 is 11.6 Å². The van der Waals surface area contributed by atoms with Crippen LogP contribution in [0.15, 0.2) is 42.6 Å². The lowest BCUT2D eigenvalue weighted by atomic mass is 10.1. The van der Waals surface area contributed by atoms with Crippen molar-refractivity contribution in [2.45, 2.75) is 13.0 Å². The van der Waals surface area contributed by atoms with Gasteiger partial charge < -0.3 is 9.84 Å². The van der Waals surface area contributed by atoms with Crippen molar-refractivity contribution in [3.63, 3.8) is 0 Å². The number of para-hydroxylation sites is 1. The zero-order chi connectivity index (χ0) is 12.3. The number of ether oxygens (including phenoxy) is 1. The van der Waals surface area contributed by atoms with Gasteiger partial charge >= 0.3 is 0 Å². The van der Waals surface area contributed by atoms with Gasteiger partial charge in [-0.25, -0.2) is 4.98 Å². The maximum absolute atomic E-state index is 9.64. The summed E-state index contributed by atoms with van der Waals surface area (Å²) in [4.78, 5) is 3.95. The number of aliphatic hydroxyl groups excluding tert-OH is 1. The highest BCUT2D eigenvalue weighted by Gasteiger charge is 2.11. The fourth-order valence-corrected chi connectivity index (χ4v) is 1.63. The van der Waals surface area contributed by atoms with Crippen LogP contribution in [-0.2, 0) is 0 Å². The Morgan fingerprint density at radius 3 is 2.65 bits per heavy atom. The van der Waals surface area contributed by atoms with Gasteiger partial charge in [0.25, 0.3) is 0 Å². The molecule has 1 N–H and O–H groups in total. The molecule has 0 aliphatic rings. The monoisotopic (exact) mass is 249 g/mol. The summed E-state index contributed by atoms with van der Waals surface area (Å²) in [5.74, 6) is 1.20. The van der Waals surface area contributed by atoms with E-state index in [1.54, 1.807) is 13.0 Å². The maximum atomic E-state index is 9.64. The van der Waals surface area contributed by atoms with Gasteiger partial charge in [0, 0.05) is 5.56 Å². The Labute approximate surface area is 105 Å². The number of pyridine rings is 1. The first kappa shape index (κ1) is 11.9. The molecule has 0 spiro atoms. The van der Waals surface area contributed by atoms with Crippen molar-refractivity contribution in [1.82, 2.24) is 4.98 Å². The lowest BCUT2D eigenvalue weighted by molar-refractivity contribution is 0.195. The Kier molecular flexibility index (Phi) is 3.61. The first-order valence-electron chi connectivity index (χ1n) is 5.23. The summed E-state index contributed by atoms with van der Waals surface area (Å²) in [7, 11) is 0. The van der Waals surface area contributed by atoms with Crippen molar-refractivity contribution in [1.29, 1.82) is 0 Å². The summed E-state index contributed by atoms with van der Waals surface area (Å²) < 4.78 is 5.64. The molecule has 17 heavy (non-hydrogen) atoms. The third-order valence-corrected chi connectivity index (χ3v) is 2.49. The van der Waals surface area contributed by atoms with E-state index in [2.05, 4.69) is 4.98 Å². The lowest BCUT2D eigenvalue weighted by Gasteiger charge is -2.12. The minimum atomic E-state index is -0.658. The molecule has 0 amide bonds. The Hall–Kier alpha value is -1.58. The molecule has 3 nitrogen and oxygen atoms in total. The predicted octanol–water partition coefficient (Wildman–Crippen LogP) is 3.58. The second-order valence-corrected chi connectivity index (χ2v) is 4.02. The molecule has 0 bridgehead atoms. The molecule has 88 valence electrons. The highest BCUT2D eigenvalue weighted by Crippen LogP contribution is 2.30. The number of hydrogen-bond acceptors (Lipinski definition) is 3. The third kappa shape index (κ3) is 2.96. The highest BCUT2D eigenvalue weighted by molar-refractivity contribution is 6.29. The van der Waals surface area contributed by atoms with Gasteiger partial charge in [-0.2, -0.15) is 0 Å². The molecule has 0 saturated heterocycles. The first-order valence-corrected chi connectivity index (χ1v) is 5.61. The van der Waals surface area contributed by atoms with E-state index in [1.807, 2.05) is 30.3 Å². The largest absolute Gasteiger partial charge is 0.455 e. The zero-order valence-corrected chi connectivity index (χ0v) is 10.1. The summed E-state index contributed by atoms with van der Waals surface area (Å²) in [5, 5.41) is 9.98. The smallest absolute Gasteiger partial charge is 0.151 e. The Balaban J connectivity index is 2.33. The fraction of sp³-hybridized carbons (Fsp3) is 0.154. The molecule has 0 fully saturated rings. The Morgan fingerprint density at radius 2 is 2.00 bits per heavy atom. The topological polar surface area (TPSA) is 42.4 Å². The Morgan fingerprint density at radius 1 is 1.29 bits per heavy atom.